The van der Waals surface area contributed by atoms with Gasteiger partial charge in [0, 0.05) is 30.2 Å². The Hall–Kier alpha value is -2.21. The first-order valence-electron chi connectivity index (χ1n) is 7.27. The molecule has 0 aliphatic carbocycles. The molecule has 5 nitrogen and oxygen atoms in total. The SMILES string of the molecule is Cc1sc2ncnc(NCCCn3ccccc3=O)c2c1C. The number of hydrogen-bond acceptors (Lipinski definition) is 5. The fourth-order valence-corrected chi connectivity index (χ4v) is 3.41. The van der Waals surface area contributed by atoms with E-state index in [0.29, 0.717) is 6.54 Å². The Bertz CT molecular complexity index is 853. The van der Waals surface area contributed by atoms with Gasteiger partial charge in [-0.05, 0) is 31.9 Å². The van der Waals surface area contributed by atoms with Gasteiger partial charge in [-0.15, -0.1) is 11.3 Å². The van der Waals surface area contributed by atoms with E-state index in [4.69, 9.17) is 0 Å². The molecule has 6 heteroatoms. The van der Waals surface area contributed by atoms with Crippen LogP contribution in [-0.2, 0) is 6.54 Å². The summed E-state index contributed by atoms with van der Waals surface area (Å²) in [5.41, 5.74) is 1.28. The lowest BCUT2D eigenvalue weighted by Gasteiger charge is -2.08. The van der Waals surface area contributed by atoms with Crippen molar-refractivity contribution in [1.29, 1.82) is 0 Å². The van der Waals surface area contributed by atoms with Crippen molar-refractivity contribution in [2.45, 2.75) is 26.8 Å². The van der Waals surface area contributed by atoms with Gasteiger partial charge in [-0.25, -0.2) is 9.97 Å². The molecule has 0 unspecified atom stereocenters. The standard InChI is InChI=1S/C16H18N4OS/c1-11-12(2)22-16-14(11)15(18-10-19-16)17-7-5-9-20-8-4-3-6-13(20)21/h3-4,6,8,10H,5,7,9H2,1-2H3,(H,17,18,19). The highest BCUT2D eigenvalue weighted by molar-refractivity contribution is 7.18. The minimum atomic E-state index is 0.0382. The lowest BCUT2D eigenvalue weighted by molar-refractivity contribution is 0.638. The molecule has 0 amide bonds. The first kappa shape index (κ1) is 14.7. The maximum Gasteiger partial charge on any atom is 0.250 e. The van der Waals surface area contributed by atoms with Crippen molar-refractivity contribution in [3.63, 3.8) is 0 Å². The van der Waals surface area contributed by atoms with Crippen molar-refractivity contribution in [3.05, 3.63) is 51.5 Å². The van der Waals surface area contributed by atoms with E-state index in [-0.39, 0.29) is 5.56 Å². The van der Waals surface area contributed by atoms with Gasteiger partial charge in [-0.3, -0.25) is 4.79 Å². The average molecular weight is 314 g/mol. The van der Waals surface area contributed by atoms with Gasteiger partial charge in [-0.1, -0.05) is 6.07 Å². The number of nitrogens with zero attached hydrogens (tertiary/aromatic N) is 3. The quantitative estimate of drug-likeness (QED) is 0.736. The third kappa shape index (κ3) is 2.87. The van der Waals surface area contributed by atoms with Gasteiger partial charge >= 0.3 is 0 Å². The van der Waals surface area contributed by atoms with Crippen LogP contribution in [0.5, 0.6) is 0 Å². The summed E-state index contributed by atoms with van der Waals surface area (Å²) in [6, 6.07) is 5.22. The first-order chi connectivity index (χ1) is 10.7. The Morgan fingerprint density at radius 2 is 2.14 bits per heavy atom. The molecule has 1 N–H and O–H groups in total. The first-order valence-corrected chi connectivity index (χ1v) is 8.08. The number of hydrogen-bond donors (Lipinski definition) is 1. The number of fused-ring (bicyclic) bond motifs is 1. The number of aromatic nitrogens is 3. The molecular weight excluding hydrogens is 296 g/mol. The Kier molecular flexibility index (Phi) is 4.20. The largest absolute Gasteiger partial charge is 0.369 e. The highest BCUT2D eigenvalue weighted by Crippen LogP contribution is 2.32. The second-order valence-electron chi connectivity index (χ2n) is 5.20. The minimum Gasteiger partial charge on any atom is -0.369 e. The summed E-state index contributed by atoms with van der Waals surface area (Å²) in [5, 5.41) is 4.48. The van der Waals surface area contributed by atoms with Crippen LogP contribution in [0.2, 0.25) is 0 Å². The fraction of sp³-hybridized carbons (Fsp3) is 0.312. The molecule has 3 aromatic heterocycles. The third-order valence-electron chi connectivity index (χ3n) is 3.73. The minimum absolute atomic E-state index is 0.0382. The van der Waals surface area contributed by atoms with Crippen molar-refractivity contribution < 1.29 is 0 Å². The van der Waals surface area contributed by atoms with Gasteiger partial charge in [0.05, 0.1) is 5.39 Å². The summed E-state index contributed by atoms with van der Waals surface area (Å²) in [6.45, 7) is 5.67. The number of rotatable bonds is 5. The summed E-state index contributed by atoms with van der Waals surface area (Å²) in [5.74, 6) is 0.882. The molecule has 0 fully saturated rings. The Balaban J connectivity index is 1.67. The predicted molar refractivity (Wildman–Crippen MR) is 90.7 cm³/mol. The van der Waals surface area contributed by atoms with E-state index in [1.54, 1.807) is 34.4 Å². The second kappa shape index (κ2) is 6.27. The van der Waals surface area contributed by atoms with Gasteiger partial charge in [0.2, 0.25) is 5.56 Å². The number of aryl methyl sites for hydroxylation is 3. The molecule has 3 rings (SSSR count). The smallest absolute Gasteiger partial charge is 0.250 e. The van der Waals surface area contributed by atoms with Gasteiger partial charge in [0.15, 0.2) is 0 Å². The molecule has 0 radical (unpaired) electrons. The van der Waals surface area contributed by atoms with E-state index in [0.717, 1.165) is 29.0 Å². The van der Waals surface area contributed by atoms with Crippen LogP contribution < -0.4 is 10.9 Å². The van der Waals surface area contributed by atoms with Crippen LogP contribution in [0, 0.1) is 13.8 Å². The van der Waals surface area contributed by atoms with E-state index in [1.807, 2.05) is 12.3 Å². The molecule has 0 bridgehead atoms. The molecular formula is C16H18N4OS. The molecule has 0 aromatic carbocycles. The van der Waals surface area contributed by atoms with Crippen LogP contribution in [0.1, 0.15) is 16.9 Å². The maximum atomic E-state index is 11.6. The van der Waals surface area contributed by atoms with Gasteiger partial charge in [0.25, 0.3) is 0 Å². The summed E-state index contributed by atoms with van der Waals surface area (Å²) >= 11 is 1.69. The summed E-state index contributed by atoms with van der Waals surface area (Å²) in [7, 11) is 0. The number of nitrogens with one attached hydrogen (secondary N) is 1. The molecule has 0 aliphatic rings. The van der Waals surface area contributed by atoms with Crippen molar-refractivity contribution in [2.75, 3.05) is 11.9 Å². The zero-order valence-corrected chi connectivity index (χ0v) is 13.5. The summed E-state index contributed by atoms with van der Waals surface area (Å²) in [4.78, 5) is 22.6. The number of pyridine rings is 1. The summed E-state index contributed by atoms with van der Waals surface area (Å²) < 4.78 is 1.72. The van der Waals surface area contributed by atoms with E-state index in [1.165, 1.54) is 10.4 Å². The zero-order valence-electron chi connectivity index (χ0n) is 12.7. The molecule has 0 atom stereocenters. The van der Waals surface area contributed by atoms with E-state index in [9.17, 15) is 4.79 Å². The van der Waals surface area contributed by atoms with Gasteiger partial charge < -0.3 is 9.88 Å². The normalized spacial score (nSPS) is 11.0. The van der Waals surface area contributed by atoms with Crippen molar-refractivity contribution in [1.82, 2.24) is 14.5 Å². The number of thiophene rings is 1. The van der Waals surface area contributed by atoms with Crippen LogP contribution in [0.3, 0.4) is 0 Å². The number of anilines is 1. The molecule has 0 saturated carbocycles. The van der Waals surface area contributed by atoms with Crippen molar-refractivity contribution in [3.8, 4) is 0 Å². The monoisotopic (exact) mass is 314 g/mol. The predicted octanol–water partition coefficient (Wildman–Crippen LogP) is 2.97. The molecule has 0 saturated heterocycles. The lowest BCUT2D eigenvalue weighted by atomic mass is 10.2. The molecule has 3 aromatic rings. The summed E-state index contributed by atoms with van der Waals surface area (Å²) in [6.07, 6.45) is 4.27. The van der Waals surface area contributed by atoms with Crippen LogP contribution in [0.4, 0.5) is 5.82 Å². The van der Waals surface area contributed by atoms with Crippen LogP contribution in [-0.4, -0.2) is 21.1 Å². The maximum absolute atomic E-state index is 11.6. The van der Waals surface area contributed by atoms with Crippen LogP contribution in [0.25, 0.3) is 10.2 Å². The molecule has 22 heavy (non-hydrogen) atoms. The van der Waals surface area contributed by atoms with E-state index in [2.05, 4.69) is 29.1 Å². The highest BCUT2D eigenvalue weighted by Gasteiger charge is 2.11. The van der Waals surface area contributed by atoms with Gasteiger partial charge in [-0.2, -0.15) is 0 Å². The van der Waals surface area contributed by atoms with Crippen molar-refractivity contribution >= 4 is 27.4 Å². The molecule has 114 valence electrons. The Morgan fingerprint density at radius 3 is 2.95 bits per heavy atom. The Labute approximate surface area is 132 Å². The molecule has 3 heterocycles. The van der Waals surface area contributed by atoms with Crippen LogP contribution in [0.15, 0.2) is 35.5 Å². The third-order valence-corrected chi connectivity index (χ3v) is 4.85. The topological polar surface area (TPSA) is 59.8 Å². The highest BCUT2D eigenvalue weighted by atomic mass is 32.1. The lowest BCUT2D eigenvalue weighted by Crippen LogP contribution is -2.19. The van der Waals surface area contributed by atoms with E-state index >= 15 is 0 Å². The molecule has 0 spiro atoms. The zero-order chi connectivity index (χ0) is 15.5. The van der Waals surface area contributed by atoms with E-state index < -0.39 is 0 Å². The molecule has 0 aliphatic heterocycles. The van der Waals surface area contributed by atoms with Crippen molar-refractivity contribution in [2.24, 2.45) is 0 Å². The second-order valence-corrected chi connectivity index (χ2v) is 6.40. The fourth-order valence-electron chi connectivity index (χ4n) is 2.42. The van der Waals surface area contributed by atoms with Crippen LogP contribution >= 0.6 is 11.3 Å². The van der Waals surface area contributed by atoms with Gasteiger partial charge in [0.1, 0.15) is 17.0 Å². The average Bonchev–Trinajstić information content (AvgIpc) is 2.81. The Morgan fingerprint density at radius 1 is 1.27 bits per heavy atom.